The minimum Gasteiger partial charge on any atom is -0.507 e. The first-order valence-electron chi connectivity index (χ1n) is 7.99. The summed E-state index contributed by atoms with van der Waals surface area (Å²) in [6.45, 7) is 0. The average molecular weight is 464 g/mol. The van der Waals surface area contributed by atoms with Crippen LogP contribution in [0.4, 0.5) is 14.5 Å². The fourth-order valence-electron chi connectivity index (χ4n) is 2.57. The van der Waals surface area contributed by atoms with E-state index in [9.17, 15) is 13.9 Å². The molecule has 0 atom stereocenters. The molecule has 0 bridgehead atoms. The van der Waals surface area contributed by atoms with Crippen molar-refractivity contribution in [2.24, 2.45) is 4.99 Å². The Labute approximate surface area is 171 Å². The molecular weight excluding hydrogens is 454 g/mol. The van der Waals surface area contributed by atoms with Gasteiger partial charge >= 0.3 is 0 Å². The number of benzene rings is 3. The summed E-state index contributed by atoms with van der Waals surface area (Å²) in [5.74, 6) is -1.91. The van der Waals surface area contributed by atoms with Gasteiger partial charge in [-0.25, -0.2) is 13.8 Å². The van der Waals surface area contributed by atoms with Crippen LogP contribution in [-0.4, -0.2) is 16.3 Å². The number of oxazole rings is 1. The van der Waals surface area contributed by atoms with Crippen LogP contribution in [0.2, 0.25) is 5.02 Å². The molecule has 0 saturated carbocycles. The minimum absolute atomic E-state index is 0.00571. The molecule has 0 aliphatic rings. The van der Waals surface area contributed by atoms with Crippen LogP contribution >= 0.6 is 27.5 Å². The van der Waals surface area contributed by atoms with Crippen LogP contribution in [0.25, 0.3) is 22.6 Å². The van der Waals surface area contributed by atoms with E-state index in [0.29, 0.717) is 22.4 Å². The molecule has 0 amide bonds. The second kappa shape index (κ2) is 7.33. The number of aromatic hydroxyl groups is 1. The first-order chi connectivity index (χ1) is 13.4. The van der Waals surface area contributed by atoms with Gasteiger partial charge < -0.3 is 9.52 Å². The molecule has 0 fully saturated rings. The highest BCUT2D eigenvalue weighted by molar-refractivity contribution is 9.10. The fourth-order valence-corrected chi connectivity index (χ4v) is 3.18. The molecule has 8 heteroatoms. The number of phenols is 1. The van der Waals surface area contributed by atoms with Gasteiger partial charge in [0.25, 0.3) is 0 Å². The van der Waals surface area contributed by atoms with Crippen molar-refractivity contribution in [1.82, 2.24) is 4.98 Å². The maximum absolute atomic E-state index is 13.5. The quantitative estimate of drug-likeness (QED) is 0.273. The molecule has 0 unspecified atom stereocenters. The van der Waals surface area contributed by atoms with Crippen molar-refractivity contribution >= 4 is 50.5 Å². The lowest BCUT2D eigenvalue weighted by Gasteiger charge is -2.00. The molecule has 3 aromatic carbocycles. The molecule has 4 nitrogen and oxygen atoms in total. The molecule has 1 heterocycles. The third-order valence-electron chi connectivity index (χ3n) is 3.95. The summed E-state index contributed by atoms with van der Waals surface area (Å²) < 4.78 is 33.2. The maximum atomic E-state index is 13.5. The number of rotatable bonds is 3. The largest absolute Gasteiger partial charge is 0.507 e. The molecule has 4 rings (SSSR count). The van der Waals surface area contributed by atoms with Crippen LogP contribution in [0.3, 0.4) is 0 Å². The van der Waals surface area contributed by atoms with Gasteiger partial charge in [0, 0.05) is 16.3 Å². The summed E-state index contributed by atoms with van der Waals surface area (Å²) in [6, 6.07) is 11.9. The number of aromatic nitrogens is 1. The number of hydrogen-bond acceptors (Lipinski definition) is 4. The van der Waals surface area contributed by atoms with Crippen molar-refractivity contribution in [2.75, 3.05) is 0 Å². The van der Waals surface area contributed by atoms with Crippen LogP contribution in [0, 0.1) is 11.6 Å². The number of aliphatic imine (C=N–C) groups is 1. The van der Waals surface area contributed by atoms with Gasteiger partial charge in [0.05, 0.1) is 16.3 Å². The zero-order valence-electron chi connectivity index (χ0n) is 14.0. The Morgan fingerprint density at radius 2 is 1.86 bits per heavy atom. The van der Waals surface area contributed by atoms with Gasteiger partial charge in [-0.2, -0.15) is 0 Å². The van der Waals surface area contributed by atoms with Gasteiger partial charge in [0.2, 0.25) is 5.89 Å². The van der Waals surface area contributed by atoms with Gasteiger partial charge in [-0.1, -0.05) is 27.5 Å². The Morgan fingerprint density at radius 1 is 1.07 bits per heavy atom. The van der Waals surface area contributed by atoms with E-state index < -0.39 is 11.6 Å². The SMILES string of the molecule is Oc1ccc(Br)cc1C=Nc1ccc2oc(-c3cc(F)c(F)cc3Cl)nc2c1. The molecule has 140 valence electrons. The predicted molar refractivity (Wildman–Crippen MR) is 107 cm³/mol. The monoisotopic (exact) mass is 462 g/mol. The van der Waals surface area contributed by atoms with Crippen molar-refractivity contribution in [3.8, 4) is 17.2 Å². The Bertz CT molecular complexity index is 1240. The van der Waals surface area contributed by atoms with Gasteiger partial charge in [-0.15, -0.1) is 0 Å². The van der Waals surface area contributed by atoms with Crippen molar-refractivity contribution < 1.29 is 18.3 Å². The van der Waals surface area contributed by atoms with Crippen molar-refractivity contribution in [1.29, 1.82) is 0 Å². The van der Waals surface area contributed by atoms with Crippen molar-refractivity contribution in [2.45, 2.75) is 0 Å². The highest BCUT2D eigenvalue weighted by Gasteiger charge is 2.15. The summed E-state index contributed by atoms with van der Waals surface area (Å²) >= 11 is 9.32. The summed E-state index contributed by atoms with van der Waals surface area (Å²) in [5.41, 5.74) is 2.19. The lowest BCUT2D eigenvalue weighted by Crippen LogP contribution is -1.87. The first-order valence-corrected chi connectivity index (χ1v) is 9.16. The minimum atomic E-state index is -1.04. The van der Waals surface area contributed by atoms with E-state index in [1.165, 1.54) is 6.21 Å². The number of hydrogen-bond donors (Lipinski definition) is 1. The van der Waals surface area contributed by atoms with Crippen LogP contribution in [0.1, 0.15) is 5.56 Å². The second-order valence-electron chi connectivity index (χ2n) is 5.88. The normalized spacial score (nSPS) is 11.6. The number of fused-ring (bicyclic) bond motifs is 1. The summed E-state index contributed by atoms with van der Waals surface area (Å²) in [4.78, 5) is 8.62. The lowest BCUT2D eigenvalue weighted by molar-refractivity contribution is 0.474. The van der Waals surface area contributed by atoms with Crippen LogP contribution in [0.15, 0.2) is 62.4 Å². The van der Waals surface area contributed by atoms with Crippen LogP contribution in [0.5, 0.6) is 5.75 Å². The molecular formula is C20H10BrClF2N2O2. The number of phenolic OH excluding ortho intramolecular Hbond substituents is 1. The van der Waals surface area contributed by atoms with Gasteiger partial charge in [-0.3, -0.25) is 4.99 Å². The maximum Gasteiger partial charge on any atom is 0.228 e. The topological polar surface area (TPSA) is 58.6 Å². The molecule has 1 N–H and O–H groups in total. The van der Waals surface area contributed by atoms with E-state index in [-0.39, 0.29) is 22.2 Å². The summed E-state index contributed by atoms with van der Waals surface area (Å²) in [7, 11) is 0. The summed E-state index contributed by atoms with van der Waals surface area (Å²) in [6.07, 6.45) is 1.52. The van der Waals surface area contributed by atoms with Crippen molar-refractivity contribution in [3.05, 3.63) is 75.2 Å². The number of nitrogens with zero attached hydrogens (tertiary/aromatic N) is 2. The number of halogens is 4. The second-order valence-corrected chi connectivity index (χ2v) is 7.20. The van der Waals surface area contributed by atoms with E-state index in [1.54, 1.807) is 36.4 Å². The first kappa shape index (κ1) is 18.6. The van der Waals surface area contributed by atoms with E-state index in [4.69, 9.17) is 16.0 Å². The third-order valence-corrected chi connectivity index (χ3v) is 4.76. The fraction of sp³-hybridized carbons (Fsp3) is 0. The molecule has 0 radical (unpaired) electrons. The molecule has 0 spiro atoms. The highest BCUT2D eigenvalue weighted by atomic mass is 79.9. The predicted octanol–water partition coefficient (Wildman–Crippen LogP) is 6.65. The molecule has 4 aromatic rings. The van der Waals surface area contributed by atoms with Gasteiger partial charge in [-0.05, 0) is 48.5 Å². The Kier molecular flexibility index (Phi) is 4.87. The Hall–Kier alpha value is -2.77. The van der Waals surface area contributed by atoms with Gasteiger partial charge in [0.1, 0.15) is 11.3 Å². The zero-order valence-corrected chi connectivity index (χ0v) is 16.3. The van der Waals surface area contributed by atoms with E-state index in [0.717, 1.165) is 16.6 Å². The highest BCUT2D eigenvalue weighted by Crippen LogP contribution is 2.33. The smallest absolute Gasteiger partial charge is 0.228 e. The third kappa shape index (κ3) is 3.63. The molecule has 0 aliphatic carbocycles. The van der Waals surface area contributed by atoms with Gasteiger partial charge in [0.15, 0.2) is 17.2 Å². The zero-order chi connectivity index (χ0) is 19.8. The van der Waals surface area contributed by atoms with E-state index >= 15 is 0 Å². The molecule has 0 aliphatic heterocycles. The molecule has 28 heavy (non-hydrogen) atoms. The Balaban J connectivity index is 1.70. The standard InChI is InChI=1S/C20H10BrClF2N2O2/c21-11-1-3-18(27)10(5-11)9-25-12-2-4-19-17(6-12)26-20(28-19)13-7-15(23)16(24)8-14(13)22/h1-9,27H. The Morgan fingerprint density at radius 3 is 2.68 bits per heavy atom. The summed E-state index contributed by atoms with van der Waals surface area (Å²) in [5, 5.41) is 9.87. The van der Waals surface area contributed by atoms with Crippen LogP contribution < -0.4 is 0 Å². The van der Waals surface area contributed by atoms with Crippen molar-refractivity contribution in [3.63, 3.8) is 0 Å². The lowest BCUT2D eigenvalue weighted by atomic mass is 10.2. The average Bonchev–Trinajstić information content (AvgIpc) is 3.08. The van der Waals surface area contributed by atoms with E-state index in [2.05, 4.69) is 25.9 Å². The van der Waals surface area contributed by atoms with E-state index in [1.807, 2.05) is 0 Å². The molecule has 1 aromatic heterocycles. The molecule has 0 saturated heterocycles. The van der Waals surface area contributed by atoms with Crippen LogP contribution in [-0.2, 0) is 0 Å².